The third-order valence-electron chi connectivity index (χ3n) is 3.79. The van der Waals surface area contributed by atoms with Crippen molar-refractivity contribution in [1.82, 2.24) is 15.1 Å². The highest BCUT2D eigenvalue weighted by atomic mass is 19.2. The van der Waals surface area contributed by atoms with Crippen molar-refractivity contribution in [3.8, 4) is 0 Å². The molecule has 0 bridgehead atoms. The Bertz CT molecular complexity index is 296. The van der Waals surface area contributed by atoms with Gasteiger partial charge in [-0.25, -0.2) is 0 Å². The minimum atomic E-state index is -0.151. The van der Waals surface area contributed by atoms with Crippen molar-refractivity contribution >= 4 is 5.97 Å². The molecule has 6 heteroatoms. The van der Waals surface area contributed by atoms with Crippen molar-refractivity contribution in [3.63, 3.8) is 0 Å². The van der Waals surface area contributed by atoms with Gasteiger partial charge in [-0.15, -0.1) is 14.7 Å². The number of piperazine rings is 1. The summed E-state index contributed by atoms with van der Waals surface area (Å²) < 4.78 is 13.4. The van der Waals surface area contributed by atoms with Crippen LogP contribution in [0, 0.1) is 0 Å². The van der Waals surface area contributed by atoms with Crippen molar-refractivity contribution < 1.29 is 14.1 Å². The zero-order valence-corrected chi connectivity index (χ0v) is 11.7. The molecule has 0 aromatic rings. The summed E-state index contributed by atoms with van der Waals surface area (Å²) in [5.74, 6) is -0.151. The maximum atomic E-state index is 13.4. The van der Waals surface area contributed by atoms with E-state index in [1.54, 1.807) is 5.06 Å². The standard InChI is InChI=1S/C13H24FN3O2/c1-2-4-13(18)19-16-9-7-15(8-10-16)11-12-5-3-6-17(12)14/h12H,2-11H2,1H3. The molecule has 2 aliphatic heterocycles. The molecular weight excluding hydrogens is 249 g/mol. The molecule has 0 aromatic heterocycles. The molecule has 1 atom stereocenters. The third kappa shape index (κ3) is 4.40. The minimum absolute atomic E-state index is 0.0502. The number of hydrogen-bond donors (Lipinski definition) is 0. The van der Waals surface area contributed by atoms with Crippen molar-refractivity contribution in [2.24, 2.45) is 0 Å². The molecule has 2 saturated heterocycles. The van der Waals surface area contributed by atoms with Gasteiger partial charge < -0.3 is 4.84 Å². The molecule has 19 heavy (non-hydrogen) atoms. The summed E-state index contributed by atoms with van der Waals surface area (Å²) in [4.78, 5) is 18.9. The minimum Gasteiger partial charge on any atom is -0.368 e. The molecule has 2 heterocycles. The number of rotatable bonds is 5. The quantitative estimate of drug-likeness (QED) is 0.704. The van der Waals surface area contributed by atoms with Crippen molar-refractivity contribution in [1.29, 1.82) is 0 Å². The second-order valence-electron chi connectivity index (χ2n) is 5.36. The van der Waals surface area contributed by atoms with Crippen LogP contribution in [0.2, 0.25) is 0 Å². The van der Waals surface area contributed by atoms with Gasteiger partial charge >= 0.3 is 5.97 Å². The summed E-state index contributed by atoms with van der Waals surface area (Å²) >= 11 is 0. The van der Waals surface area contributed by atoms with Gasteiger partial charge in [0.25, 0.3) is 0 Å². The van der Waals surface area contributed by atoms with E-state index in [2.05, 4.69) is 4.90 Å². The lowest BCUT2D eigenvalue weighted by Gasteiger charge is -2.35. The van der Waals surface area contributed by atoms with E-state index in [1.165, 1.54) is 0 Å². The number of halogens is 1. The molecule has 0 spiro atoms. The Morgan fingerprint density at radius 2 is 2.00 bits per heavy atom. The number of carbonyl (C=O) groups is 1. The highest BCUT2D eigenvalue weighted by molar-refractivity contribution is 5.68. The molecule has 5 nitrogen and oxygen atoms in total. The molecule has 0 aliphatic carbocycles. The molecule has 0 N–H and O–H groups in total. The van der Waals surface area contributed by atoms with Crippen LogP contribution in [-0.4, -0.2) is 66.4 Å². The summed E-state index contributed by atoms with van der Waals surface area (Å²) in [5.41, 5.74) is 0. The summed E-state index contributed by atoms with van der Waals surface area (Å²) in [6, 6.07) is 0.0502. The van der Waals surface area contributed by atoms with Crippen molar-refractivity contribution in [3.05, 3.63) is 0 Å². The first-order chi connectivity index (χ1) is 9.19. The molecule has 0 aromatic carbocycles. The maximum absolute atomic E-state index is 13.4. The number of carbonyl (C=O) groups excluding carboxylic acids is 1. The molecule has 0 amide bonds. The molecule has 2 aliphatic rings. The van der Waals surface area contributed by atoms with Crippen molar-refractivity contribution in [2.75, 3.05) is 39.3 Å². The topological polar surface area (TPSA) is 36.0 Å². The Labute approximate surface area is 114 Å². The van der Waals surface area contributed by atoms with E-state index in [4.69, 9.17) is 4.84 Å². The van der Waals surface area contributed by atoms with E-state index < -0.39 is 0 Å². The number of hydroxylamine groups is 2. The van der Waals surface area contributed by atoms with Gasteiger partial charge in [-0.2, -0.15) is 0 Å². The van der Waals surface area contributed by atoms with Crippen molar-refractivity contribution in [2.45, 2.75) is 38.6 Å². The first-order valence-corrected chi connectivity index (χ1v) is 7.29. The lowest BCUT2D eigenvalue weighted by atomic mass is 10.2. The summed E-state index contributed by atoms with van der Waals surface area (Å²) in [6.45, 7) is 6.42. The fourth-order valence-electron chi connectivity index (χ4n) is 2.68. The van der Waals surface area contributed by atoms with Crippen LogP contribution in [0.3, 0.4) is 0 Å². The van der Waals surface area contributed by atoms with Gasteiger partial charge in [0, 0.05) is 45.7 Å². The van der Waals surface area contributed by atoms with Gasteiger partial charge in [0.2, 0.25) is 0 Å². The zero-order valence-electron chi connectivity index (χ0n) is 11.7. The van der Waals surface area contributed by atoms with E-state index in [1.807, 2.05) is 6.92 Å². The molecule has 2 rings (SSSR count). The van der Waals surface area contributed by atoms with Gasteiger partial charge in [-0.3, -0.25) is 9.69 Å². The smallest absolute Gasteiger partial charge is 0.325 e. The number of nitrogens with zero attached hydrogens (tertiary/aromatic N) is 3. The first kappa shape index (κ1) is 14.7. The van der Waals surface area contributed by atoms with E-state index in [0.29, 0.717) is 26.1 Å². The molecule has 1 unspecified atom stereocenters. The predicted octanol–water partition coefficient (Wildman–Crippen LogP) is 1.21. The Balaban J connectivity index is 1.66. The first-order valence-electron chi connectivity index (χ1n) is 7.29. The lowest BCUT2D eigenvalue weighted by Crippen LogP contribution is -2.49. The van der Waals surface area contributed by atoms with Crippen LogP contribution in [0.1, 0.15) is 32.6 Å². The SMILES string of the molecule is CCCC(=O)ON1CCN(CC2CCCN2F)CC1. The van der Waals surface area contributed by atoms with E-state index in [-0.39, 0.29) is 12.0 Å². The van der Waals surface area contributed by atoms with Gasteiger partial charge in [-0.1, -0.05) is 6.92 Å². The van der Waals surface area contributed by atoms with Gasteiger partial charge in [0.1, 0.15) is 0 Å². The number of hydrogen-bond acceptors (Lipinski definition) is 5. The zero-order chi connectivity index (χ0) is 13.7. The third-order valence-corrected chi connectivity index (χ3v) is 3.79. The van der Waals surface area contributed by atoms with Gasteiger partial charge in [0.05, 0.1) is 6.04 Å². The highest BCUT2D eigenvalue weighted by Crippen LogP contribution is 2.19. The Hall–Kier alpha value is -0.720. The van der Waals surface area contributed by atoms with Crippen LogP contribution in [0.4, 0.5) is 4.48 Å². The predicted molar refractivity (Wildman–Crippen MR) is 69.8 cm³/mol. The summed E-state index contributed by atoms with van der Waals surface area (Å²) in [6.07, 6.45) is 3.18. The molecule has 0 radical (unpaired) electrons. The maximum Gasteiger partial charge on any atom is 0.325 e. The normalized spacial score (nSPS) is 26.7. The molecule has 110 valence electrons. The van der Waals surface area contributed by atoms with Gasteiger partial charge in [-0.05, 0) is 19.3 Å². The van der Waals surface area contributed by atoms with Crippen LogP contribution >= 0.6 is 0 Å². The van der Waals surface area contributed by atoms with Crippen LogP contribution < -0.4 is 0 Å². The second kappa shape index (κ2) is 7.17. The fourth-order valence-corrected chi connectivity index (χ4v) is 2.68. The molecule has 0 saturated carbocycles. The highest BCUT2D eigenvalue weighted by Gasteiger charge is 2.28. The Kier molecular flexibility index (Phi) is 5.54. The van der Waals surface area contributed by atoms with E-state index in [9.17, 15) is 9.28 Å². The van der Waals surface area contributed by atoms with Crippen LogP contribution in [0.15, 0.2) is 0 Å². The van der Waals surface area contributed by atoms with E-state index in [0.717, 1.165) is 44.0 Å². The van der Waals surface area contributed by atoms with Crippen LogP contribution in [0.25, 0.3) is 0 Å². The van der Waals surface area contributed by atoms with Crippen LogP contribution in [0.5, 0.6) is 0 Å². The largest absolute Gasteiger partial charge is 0.368 e. The Morgan fingerprint density at radius 3 is 2.58 bits per heavy atom. The second-order valence-corrected chi connectivity index (χ2v) is 5.36. The monoisotopic (exact) mass is 273 g/mol. The van der Waals surface area contributed by atoms with E-state index >= 15 is 0 Å². The fraction of sp³-hybridized carbons (Fsp3) is 0.923. The lowest BCUT2D eigenvalue weighted by molar-refractivity contribution is -0.198. The van der Waals surface area contributed by atoms with Crippen LogP contribution in [-0.2, 0) is 9.63 Å². The molecule has 2 fully saturated rings. The Morgan fingerprint density at radius 1 is 1.26 bits per heavy atom. The average molecular weight is 273 g/mol. The molecular formula is C13H24FN3O2. The summed E-state index contributed by atoms with van der Waals surface area (Å²) in [5, 5.41) is 2.70. The van der Waals surface area contributed by atoms with Gasteiger partial charge in [0.15, 0.2) is 0 Å². The summed E-state index contributed by atoms with van der Waals surface area (Å²) in [7, 11) is 0. The average Bonchev–Trinajstić information content (AvgIpc) is 2.78.